The Kier molecular flexibility index (Phi) is 18.3. The van der Waals surface area contributed by atoms with Gasteiger partial charge in [-0.3, -0.25) is 24.0 Å². The summed E-state index contributed by atoms with van der Waals surface area (Å²) >= 11 is 0. The van der Waals surface area contributed by atoms with Crippen LogP contribution in [0.4, 0.5) is 4.79 Å². The summed E-state index contributed by atoms with van der Waals surface area (Å²) in [4.78, 5) is 81.3. The van der Waals surface area contributed by atoms with E-state index in [9.17, 15) is 28.8 Å². The van der Waals surface area contributed by atoms with Gasteiger partial charge in [0.2, 0.25) is 6.29 Å². The molecule has 0 unspecified atom stereocenters. The third-order valence-electron chi connectivity index (χ3n) is 6.54. The van der Waals surface area contributed by atoms with E-state index in [0.29, 0.717) is 6.42 Å². The molecule has 19 heteroatoms. The van der Waals surface area contributed by atoms with Gasteiger partial charge in [-0.1, -0.05) is 13.8 Å². The Morgan fingerprint density at radius 2 is 1.26 bits per heavy atom. The van der Waals surface area contributed by atoms with Gasteiger partial charge in [-0.25, -0.2) is 4.79 Å². The van der Waals surface area contributed by atoms with Gasteiger partial charge in [0.1, 0.15) is 24.9 Å². The van der Waals surface area contributed by atoms with Gasteiger partial charge in [0, 0.05) is 53.8 Å². The minimum Gasteiger partial charge on any atom is -0.463 e. The van der Waals surface area contributed by atoms with Crippen molar-refractivity contribution in [2.45, 2.75) is 110 Å². The Hall–Kier alpha value is -5.42. The van der Waals surface area contributed by atoms with E-state index in [1.54, 1.807) is 13.8 Å². The zero-order valence-corrected chi connectivity index (χ0v) is 28.1. The van der Waals surface area contributed by atoms with Crippen LogP contribution in [0.3, 0.4) is 0 Å². The molecule has 2 saturated heterocycles. The number of hydrogen-bond acceptors (Lipinski definition) is 18. The largest absolute Gasteiger partial charge is 0.523 e. The van der Waals surface area contributed by atoms with E-state index < -0.39 is 104 Å². The standard InChI is InChI=1S/C31H36O16.HNO2.H2/c1-9-11-12-13-14-38-31(37)47-26-25(41-19(6)34)23(15-39-17(4)32)45-30(28(26)42-20(7)35)46-27-24(40-18(5)33)16(3)22(10-2)44-29(27)43-21(8)36;2-1-3;/h1,16,22-30H,10,15H2,2-8H3;(H,2,3);1H/t16-,22+,23-,24+,25-,26+,27+,28+,29+,30-;;/m1../s1. The van der Waals surface area contributed by atoms with Crippen molar-refractivity contribution in [2.24, 2.45) is 11.3 Å². The van der Waals surface area contributed by atoms with E-state index in [4.69, 9.17) is 63.9 Å². The van der Waals surface area contributed by atoms with Crippen molar-refractivity contribution < 1.29 is 82.8 Å². The van der Waals surface area contributed by atoms with Crippen molar-refractivity contribution in [3.63, 3.8) is 0 Å². The molecule has 0 saturated carbocycles. The van der Waals surface area contributed by atoms with Crippen LogP contribution in [0.5, 0.6) is 0 Å². The quantitative estimate of drug-likeness (QED) is 0.110. The number of esters is 5. The second-order valence-electron chi connectivity index (χ2n) is 10.2. The van der Waals surface area contributed by atoms with Crippen LogP contribution in [0.1, 0.15) is 56.3 Å². The molecule has 10 atom stereocenters. The number of hydrogen-bond donors (Lipinski definition) is 1. The minimum atomic E-state index is -1.76. The summed E-state index contributed by atoms with van der Waals surface area (Å²) in [5.74, 6) is 3.99. The summed E-state index contributed by atoms with van der Waals surface area (Å²) in [7, 11) is 0. The molecule has 2 aliphatic heterocycles. The maximum Gasteiger partial charge on any atom is 0.523 e. The molecule has 0 spiro atoms. The van der Waals surface area contributed by atoms with Gasteiger partial charge in [-0.15, -0.1) is 11.3 Å². The van der Waals surface area contributed by atoms with Crippen LogP contribution in [0.15, 0.2) is 5.34 Å². The molecule has 0 aromatic rings. The summed E-state index contributed by atoms with van der Waals surface area (Å²) in [5, 5.41) is 7.89. The van der Waals surface area contributed by atoms with Gasteiger partial charge >= 0.3 is 36.0 Å². The van der Waals surface area contributed by atoms with Crippen LogP contribution >= 0.6 is 0 Å². The Bertz CT molecular complexity index is 1410. The van der Waals surface area contributed by atoms with Crippen LogP contribution in [0.25, 0.3) is 0 Å². The average molecular weight is 714 g/mol. The van der Waals surface area contributed by atoms with Crippen molar-refractivity contribution in [1.82, 2.24) is 0 Å². The van der Waals surface area contributed by atoms with Gasteiger partial charge in [0.05, 0.1) is 6.10 Å². The Morgan fingerprint density at radius 1 is 0.720 bits per heavy atom. The predicted molar refractivity (Wildman–Crippen MR) is 162 cm³/mol. The van der Waals surface area contributed by atoms with Crippen molar-refractivity contribution in [3.05, 3.63) is 4.91 Å². The molecular weight excluding hydrogens is 674 g/mol. The zero-order chi connectivity index (χ0) is 38.0. The molecule has 19 nitrogen and oxygen atoms in total. The summed E-state index contributed by atoms with van der Waals surface area (Å²) in [6.45, 7) is 8.39. The third-order valence-corrected chi connectivity index (χ3v) is 6.54. The number of carbonyl (C=O) groups excluding carboxylic acids is 6. The highest BCUT2D eigenvalue weighted by atomic mass is 16.8. The monoisotopic (exact) mass is 713 g/mol. The zero-order valence-electron chi connectivity index (χ0n) is 28.1. The fourth-order valence-electron chi connectivity index (χ4n) is 4.83. The lowest BCUT2D eigenvalue weighted by atomic mass is 9.88. The molecule has 1 N–H and O–H groups in total. The highest BCUT2D eigenvalue weighted by Crippen LogP contribution is 2.37. The molecule has 2 heterocycles. The summed E-state index contributed by atoms with van der Waals surface area (Å²) < 4.78 is 55.2. The molecule has 50 heavy (non-hydrogen) atoms. The Balaban J connectivity index is 0.00000602. The number of rotatable bonds is 10. The number of nitrogens with zero attached hydrogens (tertiary/aromatic N) is 1. The Morgan fingerprint density at radius 3 is 1.78 bits per heavy atom. The van der Waals surface area contributed by atoms with Crippen LogP contribution in [-0.2, 0) is 71.3 Å². The molecule has 2 fully saturated rings. The smallest absolute Gasteiger partial charge is 0.463 e. The van der Waals surface area contributed by atoms with E-state index in [2.05, 4.69) is 17.8 Å². The lowest BCUT2D eigenvalue weighted by molar-refractivity contribution is -0.357. The fraction of sp³-hybridized carbons (Fsp3) is 0.613. The number of ether oxygens (including phenoxy) is 10. The second-order valence-corrected chi connectivity index (χ2v) is 10.2. The van der Waals surface area contributed by atoms with Crippen LogP contribution in [0, 0.1) is 47.0 Å². The second kappa shape index (κ2) is 21.5. The van der Waals surface area contributed by atoms with Gasteiger partial charge in [-0.05, 0) is 18.3 Å². The fourth-order valence-corrected chi connectivity index (χ4v) is 4.83. The maximum absolute atomic E-state index is 12.7. The highest BCUT2D eigenvalue weighted by Gasteiger charge is 2.56. The van der Waals surface area contributed by atoms with Crippen LogP contribution in [-0.4, -0.2) is 103 Å². The molecule has 0 radical (unpaired) electrons. The van der Waals surface area contributed by atoms with Gasteiger partial charge in [-0.2, -0.15) is 0 Å². The first-order chi connectivity index (χ1) is 23.6. The highest BCUT2D eigenvalue weighted by molar-refractivity contribution is 5.68. The van der Waals surface area contributed by atoms with Crippen molar-refractivity contribution in [1.29, 1.82) is 0 Å². The first-order valence-electron chi connectivity index (χ1n) is 14.7. The number of carbonyl (C=O) groups is 6. The summed E-state index contributed by atoms with van der Waals surface area (Å²) in [5.41, 5.74) is 0. The molecule has 2 aliphatic rings. The van der Waals surface area contributed by atoms with Crippen molar-refractivity contribution in [2.75, 3.05) is 6.61 Å². The van der Waals surface area contributed by atoms with E-state index in [0.717, 1.165) is 34.6 Å². The molecule has 0 amide bonds. The third kappa shape index (κ3) is 14.0. The predicted octanol–water partition coefficient (Wildman–Crippen LogP) is 1.30. The summed E-state index contributed by atoms with van der Waals surface area (Å²) in [6.07, 6.45) is -6.87. The topological polar surface area (TPSA) is 244 Å². The Labute approximate surface area is 288 Å². The van der Waals surface area contributed by atoms with Gasteiger partial charge < -0.3 is 52.6 Å². The molecular formula is C31H39NO18. The first kappa shape index (κ1) is 42.6. The minimum absolute atomic E-state index is 0. The molecule has 0 aliphatic carbocycles. The van der Waals surface area contributed by atoms with E-state index in [-0.39, 0.29) is 1.43 Å². The average Bonchev–Trinajstić information content (AvgIpc) is 3.01. The first-order valence-corrected chi connectivity index (χ1v) is 14.7. The van der Waals surface area contributed by atoms with Crippen molar-refractivity contribution >= 4 is 36.0 Å². The molecule has 0 aromatic heterocycles. The molecule has 276 valence electrons. The molecule has 0 bridgehead atoms. The van der Waals surface area contributed by atoms with Crippen molar-refractivity contribution in [3.8, 4) is 36.2 Å². The van der Waals surface area contributed by atoms with Gasteiger partial charge in [0.15, 0.2) is 36.0 Å². The number of terminal acetylenes is 1. The normalized spacial score (nSPS) is 27.9. The molecule has 0 aromatic carbocycles. The van der Waals surface area contributed by atoms with Crippen LogP contribution < -0.4 is 0 Å². The van der Waals surface area contributed by atoms with E-state index in [1.165, 1.54) is 5.34 Å². The van der Waals surface area contributed by atoms with Crippen LogP contribution in [0.2, 0.25) is 0 Å². The SMILES string of the molecule is C#CC#CC#COC(=O)O[C@@H]1[C@H](OC(C)=O)[C@@H](O[C@@H]2[C@@H](OC(C)=O)O[C@@H](CC)[C@@H](C)[C@@H]2OC(C)=O)O[C@H](COC(C)=O)[C@H]1OC(C)=O.O=NO.[HH]. The van der Waals surface area contributed by atoms with E-state index in [1.807, 2.05) is 12.0 Å². The lowest BCUT2D eigenvalue weighted by Gasteiger charge is -2.48. The molecule has 2 rings (SSSR count). The van der Waals surface area contributed by atoms with Gasteiger partial charge in [0.25, 0.3) is 0 Å². The maximum atomic E-state index is 12.7. The lowest BCUT2D eigenvalue weighted by Crippen LogP contribution is -2.65. The van der Waals surface area contributed by atoms with E-state index >= 15 is 0 Å². The summed E-state index contributed by atoms with van der Waals surface area (Å²) in [6, 6.07) is 0.